The van der Waals surface area contributed by atoms with E-state index in [1.165, 1.54) is 11.8 Å². The fourth-order valence-electron chi connectivity index (χ4n) is 2.98. The molecule has 0 bridgehead atoms. The van der Waals surface area contributed by atoms with Crippen LogP contribution in [-0.2, 0) is 11.4 Å². The number of amides is 1. The van der Waals surface area contributed by atoms with Gasteiger partial charge in [-0.2, -0.15) is 0 Å². The van der Waals surface area contributed by atoms with Gasteiger partial charge < -0.3 is 4.74 Å². The van der Waals surface area contributed by atoms with Crippen LogP contribution in [-0.4, -0.2) is 10.2 Å². The number of carbonyl (C=O) groups is 1. The molecule has 8 heteroatoms. The van der Waals surface area contributed by atoms with Crippen molar-refractivity contribution < 1.29 is 9.53 Å². The lowest BCUT2D eigenvalue weighted by Crippen LogP contribution is -2.27. The van der Waals surface area contributed by atoms with Gasteiger partial charge in [0.05, 0.1) is 17.7 Å². The molecule has 0 atom stereocenters. The van der Waals surface area contributed by atoms with Gasteiger partial charge in [-0.1, -0.05) is 72.0 Å². The van der Waals surface area contributed by atoms with Crippen LogP contribution in [0.3, 0.4) is 0 Å². The van der Waals surface area contributed by atoms with Gasteiger partial charge in [0.25, 0.3) is 5.91 Å². The summed E-state index contributed by atoms with van der Waals surface area (Å²) < 4.78 is 8.50. The highest BCUT2D eigenvalue weighted by molar-refractivity contribution is 14.1. The average molecular weight is 690 g/mol. The molecule has 0 aromatic heterocycles. The van der Waals surface area contributed by atoms with E-state index in [1.807, 2.05) is 72.8 Å². The Kier molecular flexibility index (Phi) is 7.58. The minimum absolute atomic E-state index is 0.106. The number of para-hydroxylation sites is 1. The molecule has 1 amide bonds. The quantitative estimate of drug-likeness (QED) is 0.158. The van der Waals surface area contributed by atoms with Crippen LogP contribution in [0.2, 0.25) is 5.02 Å². The number of hydrogen-bond acceptors (Lipinski definition) is 4. The van der Waals surface area contributed by atoms with Crippen molar-refractivity contribution in [1.82, 2.24) is 0 Å². The first kappa shape index (κ1) is 23.0. The fourth-order valence-corrected chi connectivity index (χ4v) is 6.60. The Morgan fingerprint density at radius 3 is 2.35 bits per heavy atom. The highest BCUT2D eigenvalue weighted by Crippen LogP contribution is 2.37. The van der Waals surface area contributed by atoms with E-state index in [0.717, 1.165) is 29.7 Å². The van der Waals surface area contributed by atoms with Gasteiger partial charge in [0.1, 0.15) is 12.4 Å². The Labute approximate surface area is 222 Å². The number of rotatable bonds is 5. The molecule has 1 fully saturated rings. The smallest absolute Gasteiger partial charge is 0.270 e. The van der Waals surface area contributed by atoms with Crippen LogP contribution >= 0.6 is 80.8 Å². The molecule has 1 saturated heterocycles. The van der Waals surface area contributed by atoms with Gasteiger partial charge in [-0.05, 0) is 87.2 Å². The second-order valence-corrected chi connectivity index (χ2v) is 11.0. The van der Waals surface area contributed by atoms with E-state index < -0.39 is 0 Å². The van der Waals surface area contributed by atoms with Crippen molar-refractivity contribution in [3.05, 3.63) is 94.9 Å². The largest absolute Gasteiger partial charge is 0.487 e. The lowest BCUT2D eigenvalue weighted by molar-refractivity contribution is -0.113. The lowest BCUT2D eigenvalue weighted by atomic mass is 10.2. The van der Waals surface area contributed by atoms with Gasteiger partial charge in [0.15, 0.2) is 4.32 Å². The molecule has 3 nitrogen and oxygen atoms in total. The maximum Gasteiger partial charge on any atom is 0.270 e. The average Bonchev–Trinajstić information content (AvgIpc) is 3.02. The third-order valence-electron chi connectivity index (χ3n) is 4.46. The van der Waals surface area contributed by atoms with Gasteiger partial charge in [-0.3, -0.25) is 9.69 Å². The third-order valence-corrected chi connectivity index (χ3v) is 7.73. The number of halogens is 3. The van der Waals surface area contributed by atoms with Crippen LogP contribution in [0.4, 0.5) is 5.69 Å². The molecule has 0 aliphatic carbocycles. The molecule has 3 aromatic carbocycles. The van der Waals surface area contributed by atoms with Crippen molar-refractivity contribution in [3.8, 4) is 5.75 Å². The first-order valence-electron chi connectivity index (χ1n) is 9.12. The summed E-state index contributed by atoms with van der Waals surface area (Å²) in [4.78, 5) is 15.1. The Morgan fingerprint density at radius 1 is 1.03 bits per heavy atom. The normalized spacial score (nSPS) is 15.1. The lowest BCUT2D eigenvalue weighted by Gasteiger charge is -2.14. The Hall–Kier alpha value is -1.14. The molecular formula is C23H14ClI2NO2S2. The fraction of sp³-hybridized carbons (Fsp3) is 0.0435. The Morgan fingerprint density at radius 2 is 1.68 bits per heavy atom. The van der Waals surface area contributed by atoms with Gasteiger partial charge >= 0.3 is 0 Å². The minimum Gasteiger partial charge on any atom is -0.487 e. The number of benzene rings is 3. The van der Waals surface area contributed by atoms with Crippen LogP contribution in [0.15, 0.2) is 71.6 Å². The van der Waals surface area contributed by atoms with Gasteiger partial charge in [0, 0.05) is 10.6 Å². The van der Waals surface area contributed by atoms with Crippen molar-refractivity contribution in [2.24, 2.45) is 0 Å². The van der Waals surface area contributed by atoms with Crippen molar-refractivity contribution in [3.63, 3.8) is 0 Å². The molecule has 4 rings (SSSR count). The van der Waals surface area contributed by atoms with Crippen LogP contribution in [0.1, 0.15) is 11.1 Å². The maximum atomic E-state index is 13.0. The van der Waals surface area contributed by atoms with Gasteiger partial charge in [-0.15, -0.1) is 0 Å². The number of nitrogens with zero attached hydrogens (tertiary/aromatic N) is 1. The molecule has 0 saturated carbocycles. The van der Waals surface area contributed by atoms with E-state index in [-0.39, 0.29) is 5.91 Å². The summed E-state index contributed by atoms with van der Waals surface area (Å²) in [5.41, 5.74) is 2.64. The summed E-state index contributed by atoms with van der Waals surface area (Å²) in [5.74, 6) is 0.695. The summed E-state index contributed by atoms with van der Waals surface area (Å²) in [5, 5.41) is 0.685. The second kappa shape index (κ2) is 10.2. The number of thiocarbonyl (C=S) groups is 1. The standard InChI is InChI=1S/C23H14ClI2NO2S2/c24-17-9-5-4-6-15(17)13-29-21-18(25)10-14(11-19(21)26)12-20-22(28)27(23(30)31-20)16-7-2-1-3-8-16/h1-12H,13H2/b20-12+. The zero-order valence-electron chi connectivity index (χ0n) is 15.8. The molecule has 0 unspecified atom stereocenters. The molecule has 0 radical (unpaired) electrons. The van der Waals surface area contributed by atoms with Crippen LogP contribution in [0.5, 0.6) is 5.75 Å². The SMILES string of the molecule is O=C1/C(=C\c2cc(I)c(OCc3ccccc3Cl)c(I)c2)SC(=S)N1c1ccccc1. The molecule has 31 heavy (non-hydrogen) atoms. The molecule has 3 aromatic rings. The molecule has 1 aliphatic heterocycles. The molecule has 1 aliphatic rings. The maximum absolute atomic E-state index is 13.0. The van der Waals surface area contributed by atoms with E-state index in [4.69, 9.17) is 28.6 Å². The first-order valence-corrected chi connectivity index (χ1v) is 12.9. The summed E-state index contributed by atoms with van der Waals surface area (Å²) in [6.45, 7) is 0.390. The monoisotopic (exact) mass is 689 g/mol. The highest BCUT2D eigenvalue weighted by Gasteiger charge is 2.33. The van der Waals surface area contributed by atoms with E-state index in [2.05, 4.69) is 45.2 Å². The predicted octanol–water partition coefficient (Wildman–Crippen LogP) is 7.53. The summed E-state index contributed by atoms with van der Waals surface area (Å²) in [6.07, 6.45) is 1.88. The predicted molar refractivity (Wildman–Crippen MR) is 150 cm³/mol. The van der Waals surface area contributed by atoms with E-state index in [1.54, 1.807) is 4.90 Å². The van der Waals surface area contributed by atoms with Crippen molar-refractivity contribution in [2.45, 2.75) is 6.61 Å². The minimum atomic E-state index is -0.106. The van der Waals surface area contributed by atoms with Crippen LogP contribution < -0.4 is 9.64 Å². The molecule has 156 valence electrons. The Balaban J connectivity index is 1.56. The third kappa shape index (κ3) is 5.27. The number of thioether (sulfide) groups is 1. The van der Waals surface area contributed by atoms with Crippen LogP contribution in [0, 0.1) is 7.14 Å². The first-order chi connectivity index (χ1) is 14.9. The van der Waals surface area contributed by atoms with E-state index >= 15 is 0 Å². The van der Waals surface area contributed by atoms with Gasteiger partial charge in [-0.25, -0.2) is 0 Å². The summed E-state index contributed by atoms with van der Waals surface area (Å²) >= 11 is 17.5. The zero-order valence-corrected chi connectivity index (χ0v) is 22.6. The molecule has 0 spiro atoms. The number of carbonyl (C=O) groups excluding carboxylic acids is 1. The number of ether oxygens (including phenoxy) is 1. The van der Waals surface area contributed by atoms with Crippen molar-refractivity contribution >= 4 is 103 Å². The zero-order chi connectivity index (χ0) is 22.0. The van der Waals surface area contributed by atoms with E-state index in [9.17, 15) is 4.79 Å². The molecular weight excluding hydrogens is 676 g/mol. The topological polar surface area (TPSA) is 29.5 Å². The van der Waals surface area contributed by atoms with E-state index in [0.29, 0.717) is 20.9 Å². The molecule has 1 heterocycles. The summed E-state index contributed by atoms with van der Waals surface area (Å²) in [6, 6.07) is 21.1. The van der Waals surface area contributed by atoms with Crippen LogP contribution in [0.25, 0.3) is 6.08 Å². The van der Waals surface area contributed by atoms with Gasteiger partial charge in [0.2, 0.25) is 0 Å². The van der Waals surface area contributed by atoms with Crippen molar-refractivity contribution in [2.75, 3.05) is 4.90 Å². The van der Waals surface area contributed by atoms with Crippen molar-refractivity contribution in [1.29, 1.82) is 0 Å². The highest BCUT2D eigenvalue weighted by atomic mass is 127. The summed E-state index contributed by atoms with van der Waals surface area (Å²) in [7, 11) is 0. The second-order valence-electron chi connectivity index (χ2n) is 6.55. The number of hydrogen-bond donors (Lipinski definition) is 0. The number of anilines is 1. The molecule has 0 N–H and O–H groups in total. The Bertz CT molecular complexity index is 1180.